The first kappa shape index (κ1) is 19.1. The average molecular weight is 400 g/mol. The molecule has 1 nitrogen and oxygen atoms in total. The summed E-state index contributed by atoms with van der Waals surface area (Å²) in [5, 5.41) is 2.54. The molecular weight excluding hydrogens is 374 g/mol. The summed E-state index contributed by atoms with van der Waals surface area (Å²) in [5.74, 6) is 0. The van der Waals surface area contributed by atoms with E-state index >= 15 is 0 Å². The van der Waals surface area contributed by atoms with Crippen molar-refractivity contribution in [2.24, 2.45) is 0 Å². The molecule has 0 aliphatic rings. The third kappa shape index (κ3) is 3.60. The van der Waals surface area contributed by atoms with Crippen LogP contribution in [0, 0.1) is 6.92 Å². The summed E-state index contributed by atoms with van der Waals surface area (Å²) in [5.41, 5.74) is 8.63. The highest BCUT2D eigenvalue weighted by molar-refractivity contribution is 6.00. The van der Waals surface area contributed by atoms with Gasteiger partial charge in [0.25, 0.3) is 0 Å². The average Bonchev–Trinajstić information content (AvgIpc) is 2.84. The first-order chi connectivity index (χ1) is 15.2. The standard InChI is InChI=1S/C30H25N/c1-22-19-20-30(28(21-22)27-17-10-14-23-13-6-7-15-25(23)27)31(2)29-18-9-8-16-26(29)24-11-4-3-5-12-24/h3-21H,1-2H3. The van der Waals surface area contributed by atoms with Gasteiger partial charge in [0.05, 0.1) is 0 Å². The van der Waals surface area contributed by atoms with Crippen LogP contribution in [-0.2, 0) is 0 Å². The van der Waals surface area contributed by atoms with Crippen LogP contribution in [0.25, 0.3) is 33.0 Å². The van der Waals surface area contributed by atoms with E-state index in [4.69, 9.17) is 0 Å². The van der Waals surface area contributed by atoms with Gasteiger partial charge in [-0.3, -0.25) is 0 Å². The molecule has 0 amide bonds. The van der Waals surface area contributed by atoms with Gasteiger partial charge in [0.15, 0.2) is 0 Å². The van der Waals surface area contributed by atoms with Gasteiger partial charge >= 0.3 is 0 Å². The van der Waals surface area contributed by atoms with E-state index in [2.05, 4.69) is 134 Å². The Morgan fingerprint density at radius 3 is 2.03 bits per heavy atom. The van der Waals surface area contributed by atoms with Gasteiger partial charge in [0, 0.05) is 29.5 Å². The molecule has 0 N–H and O–H groups in total. The molecular formula is C30H25N. The zero-order chi connectivity index (χ0) is 21.2. The number of nitrogens with zero attached hydrogens (tertiary/aromatic N) is 1. The van der Waals surface area contributed by atoms with E-state index in [1.807, 2.05) is 0 Å². The molecule has 0 aliphatic carbocycles. The molecule has 0 heterocycles. The van der Waals surface area contributed by atoms with Crippen LogP contribution in [0.3, 0.4) is 0 Å². The Bertz CT molecular complexity index is 1350. The molecule has 0 atom stereocenters. The van der Waals surface area contributed by atoms with Gasteiger partial charge in [0.2, 0.25) is 0 Å². The van der Waals surface area contributed by atoms with Crippen molar-refractivity contribution >= 4 is 22.1 Å². The first-order valence-corrected chi connectivity index (χ1v) is 10.7. The van der Waals surface area contributed by atoms with E-state index < -0.39 is 0 Å². The number of fused-ring (bicyclic) bond motifs is 1. The predicted octanol–water partition coefficient (Wildman–Crippen LogP) is 8.25. The minimum Gasteiger partial charge on any atom is -0.344 e. The van der Waals surface area contributed by atoms with Gasteiger partial charge in [-0.05, 0) is 47.0 Å². The van der Waals surface area contributed by atoms with E-state index in [1.165, 1.54) is 50.0 Å². The molecule has 0 bridgehead atoms. The molecule has 0 aliphatic heterocycles. The van der Waals surface area contributed by atoms with Crippen molar-refractivity contribution in [3.8, 4) is 22.3 Å². The smallest absolute Gasteiger partial charge is 0.0488 e. The highest BCUT2D eigenvalue weighted by atomic mass is 15.1. The monoisotopic (exact) mass is 399 g/mol. The second kappa shape index (κ2) is 8.12. The molecule has 1 heteroatoms. The maximum Gasteiger partial charge on any atom is 0.0488 e. The second-order valence-electron chi connectivity index (χ2n) is 7.99. The predicted molar refractivity (Wildman–Crippen MR) is 134 cm³/mol. The van der Waals surface area contributed by atoms with Crippen LogP contribution in [-0.4, -0.2) is 7.05 Å². The highest BCUT2D eigenvalue weighted by Crippen LogP contribution is 2.41. The van der Waals surface area contributed by atoms with Crippen LogP contribution in [0.5, 0.6) is 0 Å². The summed E-state index contributed by atoms with van der Waals surface area (Å²) in [6.45, 7) is 2.16. The number of para-hydroxylation sites is 1. The molecule has 0 radical (unpaired) electrons. The number of rotatable bonds is 4. The van der Waals surface area contributed by atoms with Crippen molar-refractivity contribution in [2.45, 2.75) is 6.92 Å². The van der Waals surface area contributed by atoms with E-state index in [0.29, 0.717) is 0 Å². The fourth-order valence-electron chi connectivity index (χ4n) is 4.38. The van der Waals surface area contributed by atoms with Gasteiger partial charge in [-0.15, -0.1) is 0 Å². The lowest BCUT2D eigenvalue weighted by Crippen LogP contribution is -2.12. The largest absolute Gasteiger partial charge is 0.344 e. The zero-order valence-electron chi connectivity index (χ0n) is 17.9. The Morgan fingerprint density at radius 2 is 1.16 bits per heavy atom. The maximum absolute atomic E-state index is 2.32. The SMILES string of the molecule is Cc1ccc(N(C)c2ccccc2-c2ccccc2)c(-c2cccc3ccccc23)c1. The van der Waals surface area contributed by atoms with E-state index in [-0.39, 0.29) is 0 Å². The van der Waals surface area contributed by atoms with Crippen molar-refractivity contribution in [2.75, 3.05) is 11.9 Å². The van der Waals surface area contributed by atoms with E-state index in [1.54, 1.807) is 0 Å². The molecule has 5 aromatic carbocycles. The Hall–Kier alpha value is -3.84. The van der Waals surface area contributed by atoms with Crippen molar-refractivity contribution in [1.82, 2.24) is 0 Å². The fourth-order valence-corrected chi connectivity index (χ4v) is 4.38. The van der Waals surface area contributed by atoms with Crippen molar-refractivity contribution < 1.29 is 0 Å². The van der Waals surface area contributed by atoms with Crippen molar-refractivity contribution in [1.29, 1.82) is 0 Å². The van der Waals surface area contributed by atoms with Gasteiger partial charge in [-0.1, -0.05) is 103 Å². The molecule has 0 saturated heterocycles. The Morgan fingerprint density at radius 1 is 0.516 bits per heavy atom. The summed E-state index contributed by atoms with van der Waals surface area (Å²) < 4.78 is 0. The number of hydrogen-bond acceptors (Lipinski definition) is 1. The summed E-state index contributed by atoms with van der Waals surface area (Å²) in [7, 11) is 2.17. The summed E-state index contributed by atoms with van der Waals surface area (Å²) in [6, 6.07) is 41.2. The normalized spacial score (nSPS) is 10.9. The zero-order valence-corrected chi connectivity index (χ0v) is 17.9. The molecule has 31 heavy (non-hydrogen) atoms. The lowest BCUT2D eigenvalue weighted by Gasteiger charge is -2.26. The number of hydrogen-bond donors (Lipinski definition) is 0. The topological polar surface area (TPSA) is 3.24 Å². The Balaban J connectivity index is 1.70. The van der Waals surface area contributed by atoms with Crippen molar-refractivity contribution in [3.05, 3.63) is 121 Å². The number of anilines is 2. The van der Waals surface area contributed by atoms with Crippen LogP contribution >= 0.6 is 0 Å². The molecule has 0 fully saturated rings. The summed E-state index contributed by atoms with van der Waals surface area (Å²) in [6.07, 6.45) is 0. The molecule has 0 spiro atoms. The van der Waals surface area contributed by atoms with Crippen LogP contribution in [0.2, 0.25) is 0 Å². The molecule has 5 aromatic rings. The Kier molecular flexibility index (Phi) is 5.01. The molecule has 150 valence electrons. The second-order valence-corrected chi connectivity index (χ2v) is 7.99. The minimum atomic E-state index is 1.19. The summed E-state index contributed by atoms with van der Waals surface area (Å²) >= 11 is 0. The van der Waals surface area contributed by atoms with Crippen LogP contribution in [0.4, 0.5) is 11.4 Å². The van der Waals surface area contributed by atoms with Gasteiger partial charge in [0.1, 0.15) is 0 Å². The van der Waals surface area contributed by atoms with Gasteiger partial charge < -0.3 is 4.90 Å². The molecule has 0 saturated carbocycles. The third-order valence-electron chi connectivity index (χ3n) is 5.94. The lowest BCUT2D eigenvalue weighted by molar-refractivity contribution is 1.21. The van der Waals surface area contributed by atoms with Gasteiger partial charge in [-0.25, -0.2) is 0 Å². The lowest BCUT2D eigenvalue weighted by atomic mass is 9.94. The van der Waals surface area contributed by atoms with E-state index in [0.717, 1.165) is 0 Å². The highest BCUT2D eigenvalue weighted by Gasteiger charge is 2.16. The quantitative estimate of drug-likeness (QED) is 0.294. The number of aryl methyl sites for hydroxylation is 1. The fraction of sp³-hybridized carbons (Fsp3) is 0.0667. The van der Waals surface area contributed by atoms with Crippen LogP contribution in [0.1, 0.15) is 5.56 Å². The molecule has 5 rings (SSSR count). The maximum atomic E-state index is 2.32. The van der Waals surface area contributed by atoms with Crippen LogP contribution < -0.4 is 4.90 Å². The molecule has 0 unspecified atom stereocenters. The molecule has 0 aromatic heterocycles. The summed E-state index contributed by atoms with van der Waals surface area (Å²) in [4.78, 5) is 2.32. The van der Waals surface area contributed by atoms with Gasteiger partial charge in [-0.2, -0.15) is 0 Å². The van der Waals surface area contributed by atoms with Crippen molar-refractivity contribution in [3.63, 3.8) is 0 Å². The first-order valence-electron chi connectivity index (χ1n) is 10.7. The van der Waals surface area contributed by atoms with Crippen LogP contribution in [0.15, 0.2) is 115 Å². The van der Waals surface area contributed by atoms with E-state index in [9.17, 15) is 0 Å². The number of benzene rings is 5. The Labute approximate surface area is 184 Å². The third-order valence-corrected chi connectivity index (χ3v) is 5.94. The minimum absolute atomic E-state index is 1.19.